The summed E-state index contributed by atoms with van der Waals surface area (Å²) >= 11 is 0. The van der Waals surface area contributed by atoms with Crippen molar-refractivity contribution in [1.29, 1.82) is 0 Å². The minimum atomic E-state index is 0.587. The lowest BCUT2D eigenvalue weighted by Crippen LogP contribution is -2.00. The van der Waals surface area contributed by atoms with Crippen molar-refractivity contribution in [1.82, 2.24) is 15.0 Å². The Labute approximate surface area is 290 Å². The van der Waals surface area contributed by atoms with E-state index in [2.05, 4.69) is 48.5 Å². The van der Waals surface area contributed by atoms with Gasteiger partial charge in [-0.1, -0.05) is 103 Å². The van der Waals surface area contributed by atoms with Crippen molar-refractivity contribution in [3.8, 4) is 45.3 Å². The van der Waals surface area contributed by atoms with Crippen LogP contribution in [0.2, 0.25) is 0 Å². The predicted molar refractivity (Wildman–Crippen MR) is 203 cm³/mol. The maximum atomic E-state index is 6.43. The van der Waals surface area contributed by atoms with Crippen molar-refractivity contribution in [3.05, 3.63) is 152 Å². The van der Waals surface area contributed by atoms with Crippen LogP contribution in [0.4, 0.5) is 0 Å². The molecule has 4 aromatic heterocycles. The van der Waals surface area contributed by atoms with Crippen molar-refractivity contribution in [2.24, 2.45) is 0 Å². The van der Waals surface area contributed by atoms with Crippen LogP contribution in [0.25, 0.3) is 111 Å². The van der Waals surface area contributed by atoms with E-state index in [9.17, 15) is 0 Å². The van der Waals surface area contributed by atoms with Crippen molar-refractivity contribution >= 4 is 65.8 Å². The van der Waals surface area contributed by atoms with E-state index in [0.29, 0.717) is 17.5 Å². The van der Waals surface area contributed by atoms with E-state index in [1.165, 1.54) is 0 Å². The Morgan fingerprint density at radius 1 is 0.294 bits per heavy atom. The number of benzene rings is 7. The van der Waals surface area contributed by atoms with E-state index in [1.54, 1.807) is 0 Å². The molecular weight excluding hydrogens is 631 g/mol. The van der Waals surface area contributed by atoms with Crippen LogP contribution in [0, 0.1) is 0 Å². The van der Waals surface area contributed by atoms with Crippen LogP contribution in [-0.2, 0) is 0 Å². The number of nitrogens with zero attached hydrogens (tertiary/aromatic N) is 3. The first kappa shape index (κ1) is 27.9. The Hall–Kier alpha value is -7.05. The normalized spacial score (nSPS) is 11.9. The molecule has 6 nitrogen and oxygen atoms in total. The zero-order valence-electron chi connectivity index (χ0n) is 27.0. The van der Waals surface area contributed by atoms with E-state index in [-0.39, 0.29) is 0 Å². The van der Waals surface area contributed by atoms with E-state index in [4.69, 9.17) is 28.2 Å². The quantitative estimate of drug-likeness (QED) is 0.188. The Morgan fingerprint density at radius 2 is 0.843 bits per heavy atom. The maximum absolute atomic E-state index is 6.43. The topological polar surface area (TPSA) is 78.1 Å². The molecule has 0 saturated carbocycles. The van der Waals surface area contributed by atoms with Gasteiger partial charge in [-0.05, 0) is 53.6 Å². The highest BCUT2D eigenvalue weighted by atomic mass is 16.3. The van der Waals surface area contributed by atoms with Crippen LogP contribution in [0.3, 0.4) is 0 Å². The molecule has 0 aliphatic heterocycles. The van der Waals surface area contributed by atoms with E-state index >= 15 is 0 Å². The standard InChI is InChI=1S/C45H25N3O3/c1-3-10-26(11-4-1)43-46-44(27-12-5-2-6-13-27)48-45(47-43)32-15-9-17-38-42(32)35-22-28(19-21-37(35)49-38)29-18-20-31-34-24-33-30-14-7-8-16-36(30)50-40(33)25-41(34)51-39(31)23-29/h1-25H. The lowest BCUT2D eigenvalue weighted by atomic mass is 9.99. The highest BCUT2D eigenvalue weighted by molar-refractivity contribution is 6.16. The Balaban J connectivity index is 1.07. The van der Waals surface area contributed by atoms with Gasteiger partial charge >= 0.3 is 0 Å². The number of aromatic nitrogens is 3. The molecule has 0 N–H and O–H groups in total. The average molecular weight is 656 g/mol. The summed E-state index contributed by atoms with van der Waals surface area (Å²) in [5.74, 6) is 1.82. The van der Waals surface area contributed by atoms with Crippen molar-refractivity contribution in [2.75, 3.05) is 0 Å². The van der Waals surface area contributed by atoms with Crippen LogP contribution >= 0.6 is 0 Å². The number of para-hydroxylation sites is 1. The molecule has 0 radical (unpaired) electrons. The van der Waals surface area contributed by atoms with E-state index < -0.39 is 0 Å². The van der Waals surface area contributed by atoms with Gasteiger partial charge in [0.1, 0.15) is 33.5 Å². The molecular formula is C45H25N3O3. The maximum Gasteiger partial charge on any atom is 0.164 e. The summed E-state index contributed by atoms with van der Waals surface area (Å²) in [6.07, 6.45) is 0. The third-order valence-corrected chi connectivity index (χ3v) is 9.74. The number of hydrogen-bond donors (Lipinski definition) is 0. The molecule has 238 valence electrons. The minimum absolute atomic E-state index is 0.587. The number of hydrogen-bond acceptors (Lipinski definition) is 6. The second kappa shape index (κ2) is 10.7. The van der Waals surface area contributed by atoms with Gasteiger partial charge in [0.2, 0.25) is 0 Å². The molecule has 4 heterocycles. The van der Waals surface area contributed by atoms with Gasteiger partial charge in [-0.15, -0.1) is 0 Å². The largest absolute Gasteiger partial charge is 0.456 e. The summed E-state index contributed by atoms with van der Waals surface area (Å²) in [7, 11) is 0. The molecule has 11 rings (SSSR count). The second-order valence-corrected chi connectivity index (χ2v) is 12.8. The molecule has 11 aromatic rings. The van der Waals surface area contributed by atoms with Gasteiger partial charge in [0, 0.05) is 55.1 Å². The van der Waals surface area contributed by atoms with Crippen molar-refractivity contribution in [3.63, 3.8) is 0 Å². The molecule has 0 bridgehead atoms. The third-order valence-electron chi connectivity index (χ3n) is 9.74. The summed E-state index contributed by atoms with van der Waals surface area (Å²) in [5, 5.41) is 6.26. The molecule has 0 fully saturated rings. The van der Waals surface area contributed by atoms with Crippen LogP contribution in [0.5, 0.6) is 0 Å². The first-order chi connectivity index (χ1) is 25.2. The zero-order chi connectivity index (χ0) is 33.5. The fraction of sp³-hybridized carbons (Fsp3) is 0. The molecule has 51 heavy (non-hydrogen) atoms. The third kappa shape index (κ3) is 4.40. The van der Waals surface area contributed by atoms with Gasteiger partial charge < -0.3 is 13.3 Å². The number of furan rings is 3. The predicted octanol–water partition coefficient (Wildman–Crippen LogP) is 12.2. The van der Waals surface area contributed by atoms with Crippen LogP contribution in [-0.4, -0.2) is 15.0 Å². The van der Waals surface area contributed by atoms with Crippen LogP contribution < -0.4 is 0 Å². The first-order valence-corrected chi connectivity index (χ1v) is 16.8. The number of rotatable bonds is 4. The summed E-state index contributed by atoms with van der Waals surface area (Å²) in [4.78, 5) is 14.9. The van der Waals surface area contributed by atoms with Gasteiger partial charge in [-0.3, -0.25) is 0 Å². The fourth-order valence-electron chi connectivity index (χ4n) is 7.30. The van der Waals surface area contributed by atoms with Crippen molar-refractivity contribution < 1.29 is 13.3 Å². The van der Waals surface area contributed by atoms with Gasteiger partial charge in [-0.25, -0.2) is 15.0 Å². The molecule has 0 amide bonds. The molecule has 0 spiro atoms. The van der Waals surface area contributed by atoms with Crippen LogP contribution in [0.1, 0.15) is 0 Å². The van der Waals surface area contributed by atoms with Crippen molar-refractivity contribution in [2.45, 2.75) is 0 Å². The highest BCUT2D eigenvalue weighted by Crippen LogP contribution is 2.41. The average Bonchev–Trinajstić information content (AvgIpc) is 3.87. The van der Waals surface area contributed by atoms with E-state index in [0.717, 1.165) is 93.6 Å². The molecule has 6 heteroatoms. The lowest BCUT2D eigenvalue weighted by molar-refractivity contribution is 0.656. The van der Waals surface area contributed by atoms with Gasteiger partial charge in [0.25, 0.3) is 0 Å². The molecule has 0 saturated heterocycles. The smallest absolute Gasteiger partial charge is 0.164 e. The molecule has 7 aromatic carbocycles. The van der Waals surface area contributed by atoms with E-state index in [1.807, 2.05) is 103 Å². The Kier molecular flexibility index (Phi) is 5.86. The Bertz CT molecular complexity index is 3080. The molecule has 0 aliphatic carbocycles. The van der Waals surface area contributed by atoms with Gasteiger partial charge in [0.05, 0.1) is 0 Å². The van der Waals surface area contributed by atoms with Gasteiger partial charge in [-0.2, -0.15) is 0 Å². The molecule has 0 aliphatic rings. The monoisotopic (exact) mass is 655 g/mol. The molecule has 0 unspecified atom stereocenters. The SMILES string of the molecule is c1ccc(-c2nc(-c3ccccc3)nc(-c3cccc4oc5ccc(-c6ccc7c(c6)oc6cc8oc9ccccc9c8cc67)cc5c34)n2)cc1. The summed E-state index contributed by atoms with van der Waals surface area (Å²) in [6, 6.07) is 51.1. The second-order valence-electron chi connectivity index (χ2n) is 12.8. The summed E-state index contributed by atoms with van der Waals surface area (Å²) < 4.78 is 19.0. The fourth-order valence-corrected chi connectivity index (χ4v) is 7.30. The highest BCUT2D eigenvalue weighted by Gasteiger charge is 2.19. The first-order valence-electron chi connectivity index (χ1n) is 16.8. The summed E-state index contributed by atoms with van der Waals surface area (Å²) in [5.41, 5.74) is 9.71. The summed E-state index contributed by atoms with van der Waals surface area (Å²) in [6.45, 7) is 0. The van der Waals surface area contributed by atoms with Crippen LogP contribution in [0.15, 0.2) is 165 Å². The van der Waals surface area contributed by atoms with Gasteiger partial charge in [0.15, 0.2) is 17.5 Å². The zero-order valence-corrected chi connectivity index (χ0v) is 27.0. The number of fused-ring (bicyclic) bond motifs is 9. The minimum Gasteiger partial charge on any atom is -0.456 e. The Morgan fingerprint density at radius 3 is 1.61 bits per heavy atom. The lowest BCUT2D eigenvalue weighted by Gasteiger charge is -2.09. The molecule has 0 atom stereocenters.